The molecule has 3 aromatic rings. The Morgan fingerprint density at radius 3 is 2.74 bits per heavy atom. The normalized spacial score (nSPS) is 17.9. The van der Waals surface area contributed by atoms with Crippen molar-refractivity contribution in [2.75, 3.05) is 6.54 Å². The third-order valence-corrected chi connectivity index (χ3v) is 4.55. The number of aromatic nitrogens is 1. The molecular formula is C18H14BrN3O. The van der Waals surface area contributed by atoms with Crippen LogP contribution >= 0.6 is 15.9 Å². The van der Waals surface area contributed by atoms with E-state index in [4.69, 9.17) is 0 Å². The Hall–Kier alpha value is -2.40. The van der Waals surface area contributed by atoms with Gasteiger partial charge in [0.25, 0.3) is 5.91 Å². The average molecular weight is 368 g/mol. The van der Waals surface area contributed by atoms with Gasteiger partial charge in [0.1, 0.15) is 5.71 Å². The van der Waals surface area contributed by atoms with E-state index in [1.54, 1.807) is 0 Å². The molecule has 5 heteroatoms. The number of carbonyl (C=O) groups excluding carboxylic acids is 1. The summed E-state index contributed by atoms with van der Waals surface area (Å²) in [5.74, 6) is -0.131. The lowest BCUT2D eigenvalue weighted by Crippen LogP contribution is -2.40. The van der Waals surface area contributed by atoms with Crippen LogP contribution in [0.15, 0.2) is 64.2 Å². The largest absolute Gasteiger partial charge is 0.360 e. The van der Waals surface area contributed by atoms with Gasteiger partial charge in [-0.3, -0.25) is 9.79 Å². The summed E-state index contributed by atoms with van der Waals surface area (Å²) in [5, 5.41) is 4.05. The summed E-state index contributed by atoms with van der Waals surface area (Å²) in [4.78, 5) is 20.3. The maximum atomic E-state index is 12.5. The zero-order chi connectivity index (χ0) is 15.8. The van der Waals surface area contributed by atoms with Crippen LogP contribution in [-0.2, 0) is 4.79 Å². The Kier molecular flexibility index (Phi) is 3.50. The molecule has 4 nitrogen and oxygen atoms in total. The molecule has 1 aliphatic heterocycles. The van der Waals surface area contributed by atoms with E-state index in [2.05, 4.69) is 31.2 Å². The molecule has 2 aromatic carbocycles. The SMILES string of the molecule is O=C1N[C@H](c2ccccc2)CN=C1c1c[nH]c2cc(Br)ccc12. The fourth-order valence-corrected chi connectivity index (χ4v) is 3.26. The van der Waals surface area contributed by atoms with Crippen molar-refractivity contribution in [2.24, 2.45) is 4.99 Å². The minimum absolute atomic E-state index is 0.0631. The van der Waals surface area contributed by atoms with Crippen LogP contribution in [0.4, 0.5) is 0 Å². The van der Waals surface area contributed by atoms with Crippen LogP contribution in [0.25, 0.3) is 10.9 Å². The molecule has 1 aromatic heterocycles. The number of nitrogens with zero attached hydrogens (tertiary/aromatic N) is 1. The number of hydrogen-bond donors (Lipinski definition) is 2. The number of nitrogens with one attached hydrogen (secondary N) is 2. The first-order chi connectivity index (χ1) is 11.2. The van der Waals surface area contributed by atoms with Gasteiger partial charge in [-0.05, 0) is 17.7 Å². The van der Waals surface area contributed by atoms with E-state index >= 15 is 0 Å². The summed E-state index contributed by atoms with van der Waals surface area (Å²) in [6.45, 7) is 0.550. The summed E-state index contributed by atoms with van der Waals surface area (Å²) >= 11 is 3.45. The number of aliphatic imine (C=N–C) groups is 1. The zero-order valence-electron chi connectivity index (χ0n) is 12.2. The second-order valence-corrected chi connectivity index (χ2v) is 6.43. The number of halogens is 1. The van der Waals surface area contributed by atoms with Crippen LogP contribution in [-0.4, -0.2) is 23.1 Å². The lowest BCUT2D eigenvalue weighted by Gasteiger charge is -2.22. The van der Waals surface area contributed by atoms with E-state index in [0.717, 1.165) is 26.5 Å². The number of hydrogen-bond acceptors (Lipinski definition) is 2. The highest BCUT2D eigenvalue weighted by Crippen LogP contribution is 2.25. The van der Waals surface area contributed by atoms with E-state index in [-0.39, 0.29) is 11.9 Å². The van der Waals surface area contributed by atoms with E-state index < -0.39 is 0 Å². The number of rotatable bonds is 2. The molecule has 0 radical (unpaired) electrons. The van der Waals surface area contributed by atoms with Crippen LogP contribution in [0.1, 0.15) is 17.2 Å². The molecule has 2 heterocycles. The summed E-state index contributed by atoms with van der Waals surface area (Å²) < 4.78 is 0.998. The van der Waals surface area contributed by atoms with Crippen molar-refractivity contribution in [3.05, 3.63) is 70.3 Å². The fraction of sp³-hybridized carbons (Fsp3) is 0.111. The van der Waals surface area contributed by atoms with Gasteiger partial charge < -0.3 is 10.3 Å². The molecule has 2 N–H and O–H groups in total. The predicted octanol–water partition coefficient (Wildman–Crippen LogP) is 3.59. The third kappa shape index (κ3) is 2.57. The molecule has 0 aliphatic carbocycles. The minimum atomic E-state index is -0.131. The lowest BCUT2D eigenvalue weighted by molar-refractivity contribution is -0.115. The van der Waals surface area contributed by atoms with Crippen LogP contribution < -0.4 is 5.32 Å². The maximum Gasteiger partial charge on any atom is 0.270 e. The Balaban J connectivity index is 1.69. The molecule has 1 amide bonds. The number of aromatic amines is 1. The van der Waals surface area contributed by atoms with E-state index in [9.17, 15) is 4.79 Å². The standard InChI is InChI=1S/C18H14BrN3O/c19-12-6-7-13-14(9-20-15(13)8-12)17-18(23)22-16(10-21-17)11-4-2-1-3-5-11/h1-9,16,20H,10H2,(H,22,23)/t16-/m0/s1. The smallest absolute Gasteiger partial charge is 0.270 e. The highest BCUT2D eigenvalue weighted by atomic mass is 79.9. The summed E-state index contributed by atoms with van der Waals surface area (Å²) in [7, 11) is 0. The molecule has 0 bridgehead atoms. The number of fused-ring (bicyclic) bond motifs is 1. The molecule has 23 heavy (non-hydrogen) atoms. The molecule has 0 saturated carbocycles. The third-order valence-electron chi connectivity index (χ3n) is 4.05. The molecule has 0 spiro atoms. The van der Waals surface area contributed by atoms with Crippen molar-refractivity contribution in [2.45, 2.75) is 6.04 Å². The topological polar surface area (TPSA) is 57.2 Å². The van der Waals surface area contributed by atoms with E-state index in [1.165, 1.54) is 0 Å². The Bertz CT molecular complexity index is 914. The van der Waals surface area contributed by atoms with Gasteiger partial charge in [0.15, 0.2) is 0 Å². The van der Waals surface area contributed by atoms with Crippen LogP contribution in [0.5, 0.6) is 0 Å². The van der Waals surface area contributed by atoms with Crippen molar-refractivity contribution in [3.63, 3.8) is 0 Å². The quantitative estimate of drug-likeness (QED) is 0.714. The second-order valence-electron chi connectivity index (χ2n) is 5.52. The molecule has 0 fully saturated rings. The first-order valence-corrected chi connectivity index (χ1v) is 8.19. The van der Waals surface area contributed by atoms with Gasteiger partial charge in [-0.1, -0.05) is 52.3 Å². The van der Waals surface area contributed by atoms with Gasteiger partial charge in [-0.15, -0.1) is 0 Å². The van der Waals surface area contributed by atoms with Gasteiger partial charge >= 0.3 is 0 Å². The van der Waals surface area contributed by atoms with E-state index in [0.29, 0.717) is 12.3 Å². The Morgan fingerprint density at radius 2 is 1.96 bits per heavy atom. The first kappa shape index (κ1) is 14.2. The highest BCUT2D eigenvalue weighted by molar-refractivity contribution is 9.10. The fourth-order valence-electron chi connectivity index (χ4n) is 2.90. The van der Waals surface area contributed by atoms with Crippen molar-refractivity contribution in [3.8, 4) is 0 Å². The molecule has 1 aliphatic rings. The number of amides is 1. The van der Waals surface area contributed by atoms with Crippen molar-refractivity contribution >= 4 is 38.5 Å². The molecule has 114 valence electrons. The Labute approximate surface area is 141 Å². The van der Waals surface area contributed by atoms with Crippen LogP contribution in [0.2, 0.25) is 0 Å². The average Bonchev–Trinajstić information content (AvgIpc) is 2.98. The van der Waals surface area contributed by atoms with Crippen LogP contribution in [0, 0.1) is 0 Å². The van der Waals surface area contributed by atoms with Crippen LogP contribution in [0.3, 0.4) is 0 Å². The van der Waals surface area contributed by atoms with Gasteiger partial charge in [0.2, 0.25) is 0 Å². The predicted molar refractivity (Wildman–Crippen MR) is 94.7 cm³/mol. The van der Waals surface area contributed by atoms with Gasteiger partial charge in [-0.2, -0.15) is 0 Å². The van der Waals surface area contributed by atoms with Gasteiger partial charge in [0.05, 0.1) is 12.6 Å². The summed E-state index contributed by atoms with van der Waals surface area (Å²) in [6, 6.07) is 15.8. The molecular weight excluding hydrogens is 354 g/mol. The second kappa shape index (κ2) is 5.66. The minimum Gasteiger partial charge on any atom is -0.360 e. The summed E-state index contributed by atoms with van der Waals surface area (Å²) in [5.41, 5.74) is 3.39. The summed E-state index contributed by atoms with van der Waals surface area (Å²) in [6.07, 6.45) is 1.85. The van der Waals surface area contributed by atoms with E-state index in [1.807, 2.05) is 54.7 Å². The van der Waals surface area contributed by atoms with Crippen molar-refractivity contribution in [1.29, 1.82) is 0 Å². The monoisotopic (exact) mass is 367 g/mol. The van der Waals surface area contributed by atoms with Gasteiger partial charge in [-0.25, -0.2) is 0 Å². The molecule has 0 saturated heterocycles. The Morgan fingerprint density at radius 1 is 1.13 bits per heavy atom. The molecule has 4 rings (SSSR count). The maximum absolute atomic E-state index is 12.5. The highest BCUT2D eigenvalue weighted by Gasteiger charge is 2.26. The first-order valence-electron chi connectivity index (χ1n) is 7.39. The van der Waals surface area contributed by atoms with Gasteiger partial charge in [0, 0.05) is 27.1 Å². The van der Waals surface area contributed by atoms with Crippen molar-refractivity contribution < 1.29 is 4.79 Å². The lowest BCUT2D eigenvalue weighted by atomic mass is 10.0. The molecule has 1 atom stereocenters. The number of carbonyl (C=O) groups is 1. The zero-order valence-corrected chi connectivity index (χ0v) is 13.8. The van der Waals surface area contributed by atoms with Crippen molar-refractivity contribution in [1.82, 2.24) is 10.3 Å². The number of H-pyrrole nitrogens is 1. The molecule has 0 unspecified atom stereocenters. The number of benzene rings is 2.